The molecule has 1 unspecified atom stereocenters. The highest BCUT2D eigenvalue weighted by Crippen LogP contribution is 2.30. The van der Waals surface area contributed by atoms with Crippen LogP contribution in [0.4, 0.5) is 4.39 Å². The standard InChI is InChI=1S/C20H26FN3O4/c1-13-11-15(21)3-4-16(13)19(20(25)26)24-8-5-14(6-9-24)12-18-22-17(23-28-18)7-10-27-2/h3-4,11,14,19H,5-10,12H2,1-2H3,(H,25,26). The maximum absolute atomic E-state index is 13.4. The normalized spacial score (nSPS) is 17.0. The molecule has 0 bridgehead atoms. The number of ether oxygens (including phenoxy) is 1. The van der Waals surface area contributed by atoms with Gasteiger partial charge in [-0.15, -0.1) is 0 Å². The smallest absolute Gasteiger partial charge is 0.325 e. The van der Waals surface area contributed by atoms with Gasteiger partial charge in [0.15, 0.2) is 5.82 Å². The molecule has 1 aliphatic heterocycles. The first-order chi connectivity index (χ1) is 13.5. The van der Waals surface area contributed by atoms with Crippen molar-refractivity contribution in [3.8, 4) is 0 Å². The van der Waals surface area contributed by atoms with E-state index in [2.05, 4.69) is 10.1 Å². The van der Waals surface area contributed by atoms with Gasteiger partial charge in [-0.2, -0.15) is 4.98 Å². The number of methoxy groups -OCH3 is 1. The Balaban J connectivity index is 1.60. The van der Waals surface area contributed by atoms with Crippen LogP contribution in [0, 0.1) is 18.7 Å². The average molecular weight is 391 g/mol. The number of aromatic nitrogens is 2. The molecule has 0 spiro atoms. The minimum Gasteiger partial charge on any atom is -0.480 e. The van der Waals surface area contributed by atoms with Crippen molar-refractivity contribution in [1.82, 2.24) is 15.0 Å². The third-order valence-corrected chi connectivity index (χ3v) is 5.28. The third kappa shape index (κ3) is 4.94. The number of carbonyl (C=O) groups is 1. The second kappa shape index (κ2) is 9.25. The second-order valence-electron chi connectivity index (χ2n) is 7.27. The van der Waals surface area contributed by atoms with Gasteiger partial charge in [0, 0.05) is 20.0 Å². The molecule has 1 saturated heterocycles. The lowest BCUT2D eigenvalue weighted by Crippen LogP contribution is -2.40. The summed E-state index contributed by atoms with van der Waals surface area (Å²) in [6.45, 7) is 3.61. The van der Waals surface area contributed by atoms with Crippen LogP contribution < -0.4 is 0 Å². The van der Waals surface area contributed by atoms with E-state index >= 15 is 0 Å². The van der Waals surface area contributed by atoms with Gasteiger partial charge in [0.1, 0.15) is 11.9 Å². The number of hydrogen-bond donors (Lipinski definition) is 1. The maximum Gasteiger partial charge on any atom is 0.325 e. The Labute approximate surface area is 163 Å². The summed E-state index contributed by atoms with van der Waals surface area (Å²) in [6, 6.07) is 3.53. The number of nitrogens with zero attached hydrogens (tertiary/aromatic N) is 3. The molecule has 7 nitrogen and oxygen atoms in total. The molecule has 0 aliphatic carbocycles. The van der Waals surface area contributed by atoms with Gasteiger partial charge in [0.05, 0.1) is 6.61 Å². The van der Waals surface area contributed by atoms with Crippen LogP contribution in [-0.4, -0.2) is 52.9 Å². The van der Waals surface area contributed by atoms with Gasteiger partial charge in [-0.3, -0.25) is 9.69 Å². The SMILES string of the molecule is COCCc1noc(CC2CCN(C(C(=O)O)c3ccc(F)cc3C)CC2)n1. The first-order valence-electron chi connectivity index (χ1n) is 9.51. The van der Waals surface area contributed by atoms with E-state index in [0.717, 1.165) is 12.8 Å². The van der Waals surface area contributed by atoms with E-state index in [4.69, 9.17) is 9.26 Å². The Kier molecular flexibility index (Phi) is 6.74. The van der Waals surface area contributed by atoms with Gasteiger partial charge in [0.25, 0.3) is 0 Å². The highest BCUT2D eigenvalue weighted by atomic mass is 19.1. The first kappa shape index (κ1) is 20.4. The molecule has 28 heavy (non-hydrogen) atoms. The number of hydrogen-bond acceptors (Lipinski definition) is 6. The number of carboxylic acids is 1. The monoisotopic (exact) mass is 391 g/mol. The number of aliphatic carboxylic acids is 1. The number of benzene rings is 1. The summed E-state index contributed by atoms with van der Waals surface area (Å²) in [7, 11) is 1.63. The van der Waals surface area contributed by atoms with Crippen LogP contribution in [0.1, 0.15) is 41.7 Å². The van der Waals surface area contributed by atoms with Crippen LogP contribution >= 0.6 is 0 Å². The predicted molar refractivity (Wildman–Crippen MR) is 99.4 cm³/mol. The minimum atomic E-state index is -0.909. The molecule has 0 radical (unpaired) electrons. The highest BCUT2D eigenvalue weighted by molar-refractivity contribution is 5.76. The van der Waals surface area contributed by atoms with Gasteiger partial charge in [-0.25, -0.2) is 4.39 Å². The average Bonchev–Trinajstić information content (AvgIpc) is 3.10. The van der Waals surface area contributed by atoms with Crippen molar-refractivity contribution < 1.29 is 23.6 Å². The molecule has 1 aliphatic rings. The molecule has 2 aromatic rings. The van der Waals surface area contributed by atoms with Crippen molar-refractivity contribution >= 4 is 5.97 Å². The molecule has 2 heterocycles. The van der Waals surface area contributed by atoms with E-state index in [1.807, 2.05) is 4.90 Å². The van der Waals surface area contributed by atoms with E-state index in [0.29, 0.717) is 61.3 Å². The lowest BCUT2D eigenvalue weighted by Gasteiger charge is -2.36. The summed E-state index contributed by atoms with van der Waals surface area (Å²) >= 11 is 0. The minimum absolute atomic E-state index is 0.353. The van der Waals surface area contributed by atoms with Gasteiger partial charge in [-0.1, -0.05) is 11.2 Å². The number of aryl methyl sites for hydroxylation is 1. The van der Waals surface area contributed by atoms with Crippen molar-refractivity contribution in [2.45, 2.75) is 38.6 Å². The molecule has 0 saturated carbocycles. The molecule has 1 N–H and O–H groups in total. The number of rotatable bonds is 8. The van der Waals surface area contributed by atoms with Crippen molar-refractivity contribution in [2.75, 3.05) is 26.8 Å². The zero-order chi connectivity index (χ0) is 20.1. The Morgan fingerprint density at radius 1 is 1.43 bits per heavy atom. The van der Waals surface area contributed by atoms with Gasteiger partial charge in [0.2, 0.25) is 5.89 Å². The van der Waals surface area contributed by atoms with Gasteiger partial charge in [-0.05, 0) is 62.0 Å². The summed E-state index contributed by atoms with van der Waals surface area (Å²) in [5.74, 6) is 0.373. The molecule has 1 fully saturated rings. The fraction of sp³-hybridized carbons (Fsp3) is 0.550. The van der Waals surface area contributed by atoms with Crippen molar-refractivity contribution in [3.05, 3.63) is 46.9 Å². The number of piperidine rings is 1. The number of likely N-dealkylation sites (tertiary alicyclic amines) is 1. The molecule has 3 rings (SSSR count). The molecule has 8 heteroatoms. The summed E-state index contributed by atoms with van der Waals surface area (Å²) in [4.78, 5) is 18.3. The van der Waals surface area contributed by atoms with E-state index in [-0.39, 0.29) is 5.82 Å². The van der Waals surface area contributed by atoms with E-state index < -0.39 is 12.0 Å². The molecule has 1 aromatic heterocycles. The van der Waals surface area contributed by atoms with Crippen LogP contribution in [0.2, 0.25) is 0 Å². The third-order valence-electron chi connectivity index (χ3n) is 5.28. The van der Waals surface area contributed by atoms with Crippen LogP contribution in [0.3, 0.4) is 0 Å². The first-order valence-corrected chi connectivity index (χ1v) is 9.51. The van der Waals surface area contributed by atoms with Crippen LogP contribution in [0.15, 0.2) is 22.7 Å². The van der Waals surface area contributed by atoms with Crippen LogP contribution in [-0.2, 0) is 22.4 Å². The summed E-state index contributed by atoms with van der Waals surface area (Å²) in [5, 5.41) is 13.7. The topological polar surface area (TPSA) is 88.7 Å². The van der Waals surface area contributed by atoms with Gasteiger partial charge >= 0.3 is 5.97 Å². The van der Waals surface area contributed by atoms with Crippen LogP contribution in [0.5, 0.6) is 0 Å². The van der Waals surface area contributed by atoms with E-state index in [1.54, 1.807) is 20.1 Å². The molecule has 0 amide bonds. The van der Waals surface area contributed by atoms with Crippen LogP contribution in [0.25, 0.3) is 0 Å². The fourth-order valence-electron chi connectivity index (χ4n) is 3.76. The fourth-order valence-corrected chi connectivity index (χ4v) is 3.76. The quantitative estimate of drug-likeness (QED) is 0.740. The molecular weight excluding hydrogens is 365 g/mol. The summed E-state index contributed by atoms with van der Waals surface area (Å²) in [6.07, 6.45) is 3.01. The predicted octanol–water partition coefficient (Wildman–Crippen LogP) is 2.79. The summed E-state index contributed by atoms with van der Waals surface area (Å²) in [5.41, 5.74) is 1.30. The van der Waals surface area contributed by atoms with Crippen molar-refractivity contribution in [2.24, 2.45) is 5.92 Å². The Bertz CT molecular complexity index is 802. The summed E-state index contributed by atoms with van der Waals surface area (Å²) < 4.78 is 23.7. The van der Waals surface area contributed by atoms with Gasteiger partial charge < -0.3 is 14.4 Å². The zero-order valence-corrected chi connectivity index (χ0v) is 16.2. The Hall–Kier alpha value is -2.32. The van der Waals surface area contributed by atoms with E-state index in [1.165, 1.54) is 12.1 Å². The Morgan fingerprint density at radius 2 is 2.18 bits per heavy atom. The molecule has 152 valence electrons. The highest BCUT2D eigenvalue weighted by Gasteiger charge is 2.32. The second-order valence-corrected chi connectivity index (χ2v) is 7.27. The van der Waals surface area contributed by atoms with E-state index in [9.17, 15) is 14.3 Å². The zero-order valence-electron chi connectivity index (χ0n) is 16.2. The van der Waals surface area contributed by atoms with Crippen molar-refractivity contribution in [1.29, 1.82) is 0 Å². The molecule has 1 aromatic carbocycles. The lowest BCUT2D eigenvalue weighted by atomic mass is 9.91. The molecular formula is C20H26FN3O4. The maximum atomic E-state index is 13.4. The number of carboxylic acid groups (broad SMARTS) is 1. The lowest BCUT2D eigenvalue weighted by molar-refractivity contribution is -0.144. The molecule has 1 atom stereocenters. The van der Waals surface area contributed by atoms with Crippen molar-refractivity contribution in [3.63, 3.8) is 0 Å². The largest absolute Gasteiger partial charge is 0.480 e. The Morgan fingerprint density at radius 3 is 2.82 bits per heavy atom. The number of halogens is 1.